The molecule has 1 aliphatic heterocycles. The predicted octanol–water partition coefficient (Wildman–Crippen LogP) is 2.55. The smallest absolute Gasteiger partial charge is 0.262 e. The molecule has 0 aliphatic carbocycles. The maximum Gasteiger partial charge on any atom is 0.262 e. The van der Waals surface area contributed by atoms with Crippen molar-refractivity contribution in [2.24, 2.45) is 0 Å². The van der Waals surface area contributed by atoms with Crippen molar-refractivity contribution in [1.29, 1.82) is 0 Å². The quantitative estimate of drug-likeness (QED) is 0.874. The second kappa shape index (κ2) is 8.39. The summed E-state index contributed by atoms with van der Waals surface area (Å²) in [5.41, 5.74) is 1.87. The van der Waals surface area contributed by atoms with Gasteiger partial charge in [-0.15, -0.1) is 0 Å². The van der Waals surface area contributed by atoms with Gasteiger partial charge in [0.15, 0.2) is 18.1 Å². The van der Waals surface area contributed by atoms with Gasteiger partial charge in [0.25, 0.3) is 5.91 Å². The van der Waals surface area contributed by atoms with Gasteiger partial charge in [-0.25, -0.2) is 0 Å². The molecule has 0 saturated carbocycles. The Morgan fingerprint density at radius 2 is 1.76 bits per heavy atom. The molecular weight excluding hydrogens is 320 g/mol. The van der Waals surface area contributed by atoms with Crippen LogP contribution in [-0.2, 0) is 9.53 Å². The number of anilines is 2. The summed E-state index contributed by atoms with van der Waals surface area (Å²) in [5.74, 6) is 0.929. The van der Waals surface area contributed by atoms with Gasteiger partial charge in [0, 0.05) is 24.5 Å². The van der Waals surface area contributed by atoms with Crippen molar-refractivity contribution in [2.75, 3.05) is 50.2 Å². The van der Waals surface area contributed by atoms with Crippen LogP contribution >= 0.6 is 0 Å². The van der Waals surface area contributed by atoms with E-state index in [4.69, 9.17) is 14.2 Å². The van der Waals surface area contributed by atoms with Gasteiger partial charge in [0.2, 0.25) is 0 Å². The van der Waals surface area contributed by atoms with Crippen molar-refractivity contribution in [3.63, 3.8) is 0 Å². The average molecular weight is 342 g/mol. The summed E-state index contributed by atoms with van der Waals surface area (Å²) in [7, 11) is 1.57. The van der Waals surface area contributed by atoms with Crippen molar-refractivity contribution in [2.45, 2.75) is 0 Å². The van der Waals surface area contributed by atoms with Crippen LogP contribution in [-0.4, -0.2) is 45.9 Å². The number of hydrogen-bond acceptors (Lipinski definition) is 5. The fraction of sp³-hybridized carbons (Fsp3) is 0.316. The molecule has 25 heavy (non-hydrogen) atoms. The summed E-state index contributed by atoms with van der Waals surface area (Å²) in [6, 6.07) is 15.0. The van der Waals surface area contributed by atoms with Gasteiger partial charge in [-0.3, -0.25) is 4.79 Å². The van der Waals surface area contributed by atoms with Crippen LogP contribution < -0.4 is 19.7 Å². The summed E-state index contributed by atoms with van der Waals surface area (Å²) in [6.07, 6.45) is 0. The number of para-hydroxylation sites is 2. The van der Waals surface area contributed by atoms with Gasteiger partial charge >= 0.3 is 0 Å². The molecule has 1 amide bonds. The number of ether oxygens (including phenoxy) is 3. The topological polar surface area (TPSA) is 60.0 Å². The number of amides is 1. The number of nitrogens with one attached hydrogen (secondary N) is 1. The lowest BCUT2D eigenvalue weighted by molar-refractivity contribution is -0.118. The highest BCUT2D eigenvalue weighted by Gasteiger charge is 2.11. The van der Waals surface area contributed by atoms with Crippen molar-refractivity contribution >= 4 is 17.3 Å². The van der Waals surface area contributed by atoms with E-state index in [1.54, 1.807) is 19.2 Å². The van der Waals surface area contributed by atoms with E-state index in [1.807, 2.05) is 36.4 Å². The van der Waals surface area contributed by atoms with E-state index >= 15 is 0 Å². The standard InChI is InChI=1S/C19H22N2O4/c1-23-17-4-2-3-5-18(17)25-14-19(22)20-15-6-8-16(9-7-15)21-10-12-24-13-11-21/h2-9H,10-14H2,1H3,(H,20,22). The number of nitrogens with zero attached hydrogens (tertiary/aromatic N) is 1. The van der Waals surface area contributed by atoms with E-state index in [2.05, 4.69) is 10.2 Å². The fourth-order valence-electron chi connectivity index (χ4n) is 2.66. The molecule has 0 spiro atoms. The van der Waals surface area contributed by atoms with Crippen molar-refractivity contribution < 1.29 is 19.0 Å². The largest absolute Gasteiger partial charge is 0.493 e. The van der Waals surface area contributed by atoms with Gasteiger partial charge in [0.05, 0.1) is 20.3 Å². The van der Waals surface area contributed by atoms with Crippen LogP contribution in [0.25, 0.3) is 0 Å². The molecule has 0 aromatic heterocycles. The third-order valence-electron chi connectivity index (χ3n) is 3.96. The Kier molecular flexibility index (Phi) is 5.74. The van der Waals surface area contributed by atoms with Gasteiger partial charge < -0.3 is 24.4 Å². The summed E-state index contributed by atoms with van der Waals surface area (Å²) in [5, 5.41) is 2.83. The minimum Gasteiger partial charge on any atom is -0.493 e. The molecule has 1 aliphatic rings. The summed E-state index contributed by atoms with van der Waals surface area (Å²) < 4.78 is 16.1. The molecule has 2 aromatic rings. The molecule has 0 atom stereocenters. The number of rotatable bonds is 6. The molecule has 6 nitrogen and oxygen atoms in total. The van der Waals surface area contributed by atoms with E-state index in [0.29, 0.717) is 11.5 Å². The molecule has 1 N–H and O–H groups in total. The molecule has 0 unspecified atom stereocenters. The van der Waals surface area contributed by atoms with Crippen LogP contribution in [0.5, 0.6) is 11.5 Å². The Bertz CT molecular complexity index is 697. The van der Waals surface area contributed by atoms with E-state index in [-0.39, 0.29) is 12.5 Å². The number of benzene rings is 2. The van der Waals surface area contributed by atoms with Gasteiger partial charge in [-0.1, -0.05) is 12.1 Å². The predicted molar refractivity (Wildman–Crippen MR) is 96.6 cm³/mol. The normalized spacial score (nSPS) is 14.0. The number of methoxy groups -OCH3 is 1. The van der Waals surface area contributed by atoms with Crippen molar-refractivity contribution in [3.8, 4) is 11.5 Å². The first-order chi connectivity index (χ1) is 12.3. The number of morpholine rings is 1. The van der Waals surface area contributed by atoms with Crippen LogP contribution in [0.3, 0.4) is 0 Å². The third-order valence-corrected chi connectivity index (χ3v) is 3.96. The minimum atomic E-state index is -0.218. The van der Waals surface area contributed by atoms with Crippen LogP contribution in [0, 0.1) is 0 Å². The molecule has 132 valence electrons. The molecular formula is C19H22N2O4. The Morgan fingerprint density at radius 1 is 1.08 bits per heavy atom. The Morgan fingerprint density at radius 3 is 2.44 bits per heavy atom. The molecule has 6 heteroatoms. The molecule has 0 bridgehead atoms. The van der Waals surface area contributed by atoms with Gasteiger partial charge in [-0.2, -0.15) is 0 Å². The first-order valence-corrected chi connectivity index (χ1v) is 8.24. The van der Waals surface area contributed by atoms with Crippen LogP contribution in [0.1, 0.15) is 0 Å². The zero-order valence-electron chi connectivity index (χ0n) is 14.2. The number of hydrogen-bond donors (Lipinski definition) is 1. The highest BCUT2D eigenvalue weighted by atomic mass is 16.5. The summed E-state index contributed by atoms with van der Waals surface area (Å²) in [6.45, 7) is 3.19. The van der Waals surface area contributed by atoms with Crippen LogP contribution in [0.15, 0.2) is 48.5 Å². The Balaban J connectivity index is 1.52. The zero-order chi connectivity index (χ0) is 17.5. The lowest BCUT2D eigenvalue weighted by Gasteiger charge is -2.28. The second-order valence-corrected chi connectivity index (χ2v) is 5.63. The van der Waals surface area contributed by atoms with Crippen LogP contribution in [0.2, 0.25) is 0 Å². The van der Waals surface area contributed by atoms with Gasteiger partial charge in [-0.05, 0) is 36.4 Å². The SMILES string of the molecule is COc1ccccc1OCC(=O)Nc1ccc(N2CCOCC2)cc1. The molecule has 1 fully saturated rings. The van der Waals surface area contributed by atoms with Crippen molar-refractivity contribution in [3.05, 3.63) is 48.5 Å². The first-order valence-electron chi connectivity index (χ1n) is 8.24. The van der Waals surface area contributed by atoms with E-state index in [9.17, 15) is 4.79 Å². The summed E-state index contributed by atoms with van der Waals surface area (Å²) in [4.78, 5) is 14.3. The zero-order valence-corrected chi connectivity index (χ0v) is 14.2. The molecule has 2 aromatic carbocycles. The highest BCUT2D eigenvalue weighted by Crippen LogP contribution is 2.25. The molecule has 1 saturated heterocycles. The van der Waals surface area contributed by atoms with E-state index in [0.717, 1.165) is 37.7 Å². The maximum atomic E-state index is 12.1. The lowest BCUT2D eigenvalue weighted by Crippen LogP contribution is -2.36. The van der Waals surface area contributed by atoms with Gasteiger partial charge in [0.1, 0.15) is 0 Å². The van der Waals surface area contributed by atoms with E-state index in [1.165, 1.54) is 0 Å². The van der Waals surface area contributed by atoms with Crippen molar-refractivity contribution in [1.82, 2.24) is 0 Å². The van der Waals surface area contributed by atoms with Crippen LogP contribution in [0.4, 0.5) is 11.4 Å². The second-order valence-electron chi connectivity index (χ2n) is 5.63. The number of carbonyl (C=O) groups is 1. The minimum absolute atomic E-state index is 0.0778. The fourth-order valence-corrected chi connectivity index (χ4v) is 2.66. The highest BCUT2D eigenvalue weighted by molar-refractivity contribution is 5.92. The average Bonchev–Trinajstić information content (AvgIpc) is 2.68. The first kappa shape index (κ1) is 17.1. The monoisotopic (exact) mass is 342 g/mol. The maximum absolute atomic E-state index is 12.1. The molecule has 1 heterocycles. The Hall–Kier alpha value is -2.73. The lowest BCUT2D eigenvalue weighted by atomic mass is 10.2. The number of carbonyl (C=O) groups excluding carboxylic acids is 1. The molecule has 3 rings (SSSR count). The van der Waals surface area contributed by atoms with E-state index < -0.39 is 0 Å². The third kappa shape index (κ3) is 4.64. The molecule has 0 radical (unpaired) electrons. The summed E-state index contributed by atoms with van der Waals surface area (Å²) >= 11 is 0. The Labute approximate surface area is 147 Å².